The first-order chi connectivity index (χ1) is 9.31. The van der Waals surface area contributed by atoms with Gasteiger partial charge in [-0.1, -0.05) is 18.2 Å². The molecule has 3 nitrogen and oxygen atoms in total. The lowest BCUT2D eigenvalue weighted by Gasteiger charge is -2.36. The molecule has 0 amide bonds. The fourth-order valence-corrected chi connectivity index (χ4v) is 2.95. The number of benzene rings is 1. The lowest BCUT2D eigenvalue weighted by molar-refractivity contribution is 0.485. The Morgan fingerprint density at radius 2 is 2.16 bits per heavy atom. The van der Waals surface area contributed by atoms with Gasteiger partial charge in [-0.25, -0.2) is 0 Å². The Morgan fingerprint density at radius 3 is 2.95 bits per heavy atom. The van der Waals surface area contributed by atoms with Crippen molar-refractivity contribution in [2.45, 2.75) is 32.2 Å². The molecule has 1 fully saturated rings. The summed E-state index contributed by atoms with van der Waals surface area (Å²) < 4.78 is 0. The Kier molecular flexibility index (Phi) is 3.08. The van der Waals surface area contributed by atoms with Gasteiger partial charge in [-0.2, -0.15) is 5.26 Å². The quantitative estimate of drug-likeness (QED) is 0.779. The van der Waals surface area contributed by atoms with Gasteiger partial charge in [0.25, 0.3) is 0 Å². The van der Waals surface area contributed by atoms with Crippen molar-refractivity contribution in [3.63, 3.8) is 0 Å². The van der Waals surface area contributed by atoms with E-state index in [1.54, 1.807) is 6.20 Å². The highest BCUT2D eigenvalue weighted by Crippen LogP contribution is 2.33. The average molecular weight is 251 g/mol. The second-order valence-corrected chi connectivity index (χ2v) is 5.19. The molecule has 1 aromatic carbocycles. The summed E-state index contributed by atoms with van der Waals surface area (Å²) in [7, 11) is 0. The molecule has 3 heteroatoms. The van der Waals surface area contributed by atoms with Crippen molar-refractivity contribution in [1.82, 2.24) is 4.98 Å². The Labute approximate surface area is 113 Å². The highest BCUT2D eigenvalue weighted by Gasteiger charge is 2.23. The molecule has 0 aliphatic carbocycles. The maximum atomic E-state index is 9.38. The molecule has 1 aliphatic heterocycles. The summed E-state index contributed by atoms with van der Waals surface area (Å²) in [6.45, 7) is 3.28. The van der Waals surface area contributed by atoms with E-state index in [0.717, 1.165) is 23.1 Å². The molecule has 0 spiro atoms. The fraction of sp³-hybridized carbons (Fsp3) is 0.375. The summed E-state index contributed by atoms with van der Waals surface area (Å²) in [6, 6.07) is 10.9. The molecule has 1 aromatic heterocycles. The van der Waals surface area contributed by atoms with E-state index < -0.39 is 0 Å². The number of nitriles is 1. The zero-order chi connectivity index (χ0) is 13.2. The van der Waals surface area contributed by atoms with Crippen molar-refractivity contribution in [3.8, 4) is 6.07 Å². The molecule has 19 heavy (non-hydrogen) atoms. The molecule has 0 bridgehead atoms. The minimum atomic E-state index is 0.492. The van der Waals surface area contributed by atoms with Gasteiger partial charge in [-0.05, 0) is 32.3 Å². The standard InChI is InChI=1S/C16H17N3/c1-12-6-4-5-9-19(12)16-13(10-17)11-18-15-8-3-2-7-14(15)16/h2-3,7-8,11-12H,4-6,9H2,1H3. The molecule has 2 heterocycles. The van der Waals surface area contributed by atoms with Gasteiger partial charge in [0.05, 0.1) is 16.8 Å². The minimum absolute atomic E-state index is 0.492. The van der Waals surface area contributed by atoms with Gasteiger partial charge in [0.15, 0.2) is 0 Å². The first kappa shape index (κ1) is 12.0. The van der Waals surface area contributed by atoms with Crippen LogP contribution in [0, 0.1) is 11.3 Å². The Balaban J connectivity index is 2.22. The number of para-hydroxylation sites is 1. The van der Waals surface area contributed by atoms with Crippen LogP contribution in [0.3, 0.4) is 0 Å². The van der Waals surface area contributed by atoms with Crippen LogP contribution in [-0.2, 0) is 0 Å². The van der Waals surface area contributed by atoms with Gasteiger partial charge < -0.3 is 4.90 Å². The van der Waals surface area contributed by atoms with Gasteiger partial charge >= 0.3 is 0 Å². The van der Waals surface area contributed by atoms with Crippen LogP contribution in [0.1, 0.15) is 31.7 Å². The lowest BCUT2D eigenvalue weighted by Crippen LogP contribution is -2.38. The monoisotopic (exact) mass is 251 g/mol. The molecule has 96 valence electrons. The number of rotatable bonds is 1. The van der Waals surface area contributed by atoms with Gasteiger partial charge in [0.2, 0.25) is 0 Å². The molecular weight excluding hydrogens is 234 g/mol. The number of hydrogen-bond donors (Lipinski definition) is 0. The van der Waals surface area contributed by atoms with E-state index >= 15 is 0 Å². The molecular formula is C16H17N3. The summed E-state index contributed by atoms with van der Waals surface area (Å²) in [5.74, 6) is 0. The van der Waals surface area contributed by atoms with Gasteiger partial charge in [0.1, 0.15) is 6.07 Å². The van der Waals surface area contributed by atoms with Gasteiger partial charge in [-0.3, -0.25) is 4.98 Å². The number of anilines is 1. The van der Waals surface area contributed by atoms with Crippen molar-refractivity contribution >= 4 is 16.6 Å². The van der Waals surface area contributed by atoms with E-state index in [9.17, 15) is 5.26 Å². The van der Waals surface area contributed by atoms with E-state index in [1.807, 2.05) is 18.2 Å². The topological polar surface area (TPSA) is 39.9 Å². The zero-order valence-corrected chi connectivity index (χ0v) is 11.1. The second kappa shape index (κ2) is 4.89. The number of fused-ring (bicyclic) bond motifs is 1. The molecule has 1 aliphatic rings. The molecule has 1 atom stereocenters. The maximum absolute atomic E-state index is 9.38. The summed E-state index contributed by atoms with van der Waals surface area (Å²) in [5, 5.41) is 10.5. The molecule has 2 aromatic rings. The number of hydrogen-bond acceptors (Lipinski definition) is 3. The van der Waals surface area contributed by atoms with Gasteiger partial charge in [-0.15, -0.1) is 0 Å². The second-order valence-electron chi connectivity index (χ2n) is 5.19. The largest absolute Gasteiger partial charge is 0.367 e. The van der Waals surface area contributed by atoms with E-state index in [0.29, 0.717) is 11.6 Å². The lowest BCUT2D eigenvalue weighted by atomic mass is 10.00. The van der Waals surface area contributed by atoms with Gasteiger partial charge in [0, 0.05) is 24.2 Å². The third kappa shape index (κ3) is 2.04. The molecule has 1 saturated heterocycles. The number of aromatic nitrogens is 1. The maximum Gasteiger partial charge on any atom is 0.103 e. The first-order valence-corrected chi connectivity index (χ1v) is 6.86. The first-order valence-electron chi connectivity index (χ1n) is 6.86. The van der Waals surface area contributed by atoms with E-state index in [4.69, 9.17) is 0 Å². The summed E-state index contributed by atoms with van der Waals surface area (Å²) in [5.41, 5.74) is 2.72. The Hall–Kier alpha value is -2.08. The smallest absolute Gasteiger partial charge is 0.103 e. The predicted octanol–water partition coefficient (Wildman–Crippen LogP) is 3.49. The van der Waals surface area contributed by atoms with Crippen molar-refractivity contribution in [2.24, 2.45) is 0 Å². The number of nitrogens with zero attached hydrogens (tertiary/aromatic N) is 3. The SMILES string of the molecule is CC1CCCCN1c1c(C#N)cnc2ccccc12. The van der Waals surface area contributed by atoms with Crippen LogP contribution in [0.5, 0.6) is 0 Å². The highest BCUT2D eigenvalue weighted by molar-refractivity contribution is 5.94. The summed E-state index contributed by atoms with van der Waals surface area (Å²) in [6.07, 6.45) is 5.38. The predicted molar refractivity (Wildman–Crippen MR) is 77.1 cm³/mol. The van der Waals surface area contributed by atoms with E-state index in [1.165, 1.54) is 19.3 Å². The fourth-order valence-electron chi connectivity index (χ4n) is 2.95. The van der Waals surface area contributed by atoms with Crippen LogP contribution >= 0.6 is 0 Å². The Morgan fingerprint density at radius 1 is 1.32 bits per heavy atom. The van der Waals surface area contributed by atoms with Crippen molar-refractivity contribution in [3.05, 3.63) is 36.0 Å². The molecule has 0 radical (unpaired) electrons. The van der Waals surface area contributed by atoms with Crippen molar-refractivity contribution in [2.75, 3.05) is 11.4 Å². The van der Waals surface area contributed by atoms with Crippen molar-refractivity contribution < 1.29 is 0 Å². The Bertz CT molecular complexity index is 642. The van der Waals surface area contributed by atoms with Crippen LogP contribution < -0.4 is 4.90 Å². The zero-order valence-electron chi connectivity index (χ0n) is 11.1. The highest BCUT2D eigenvalue weighted by atomic mass is 15.2. The van der Waals surface area contributed by atoms with E-state index in [-0.39, 0.29) is 0 Å². The van der Waals surface area contributed by atoms with Crippen LogP contribution in [0.4, 0.5) is 5.69 Å². The third-order valence-corrected chi connectivity index (χ3v) is 3.96. The summed E-state index contributed by atoms with van der Waals surface area (Å²) >= 11 is 0. The number of pyridine rings is 1. The number of piperidine rings is 1. The average Bonchev–Trinajstić information content (AvgIpc) is 2.47. The van der Waals surface area contributed by atoms with Crippen LogP contribution in [0.2, 0.25) is 0 Å². The molecule has 0 saturated carbocycles. The van der Waals surface area contributed by atoms with Crippen molar-refractivity contribution in [1.29, 1.82) is 5.26 Å². The molecule has 1 unspecified atom stereocenters. The minimum Gasteiger partial charge on any atom is -0.367 e. The van der Waals surface area contributed by atoms with Crippen LogP contribution in [-0.4, -0.2) is 17.6 Å². The van der Waals surface area contributed by atoms with Crippen LogP contribution in [0.15, 0.2) is 30.5 Å². The summed E-state index contributed by atoms with van der Waals surface area (Å²) in [4.78, 5) is 6.76. The third-order valence-electron chi connectivity index (χ3n) is 3.96. The normalized spacial score (nSPS) is 19.4. The molecule has 0 N–H and O–H groups in total. The van der Waals surface area contributed by atoms with Crippen LogP contribution in [0.25, 0.3) is 10.9 Å². The molecule has 3 rings (SSSR count). The van der Waals surface area contributed by atoms with E-state index in [2.05, 4.69) is 28.9 Å².